The molecule has 0 spiro atoms. The molecular formula is C11H25NO2. The maximum atomic E-state index is 9.78. The van der Waals surface area contributed by atoms with Gasteiger partial charge < -0.3 is 15.1 Å². The summed E-state index contributed by atoms with van der Waals surface area (Å²) in [7, 11) is 1.96. The minimum atomic E-state index is -0.299. The zero-order valence-electron chi connectivity index (χ0n) is 10.1. The Bertz CT molecular complexity index is 152. The summed E-state index contributed by atoms with van der Waals surface area (Å²) in [4.78, 5) is 2.04. The summed E-state index contributed by atoms with van der Waals surface area (Å²) in [5, 5.41) is 18.9. The average molecular weight is 203 g/mol. The van der Waals surface area contributed by atoms with Crippen LogP contribution in [0.15, 0.2) is 0 Å². The van der Waals surface area contributed by atoms with Crippen molar-refractivity contribution in [2.45, 2.75) is 46.3 Å². The number of hydrogen-bond acceptors (Lipinski definition) is 3. The Balaban J connectivity index is 3.72. The quantitative estimate of drug-likeness (QED) is 0.703. The molecule has 0 aliphatic heterocycles. The van der Waals surface area contributed by atoms with Gasteiger partial charge in [-0.3, -0.25) is 0 Å². The normalized spacial score (nSPS) is 17.1. The predicted octanol–water partition coefficient (Wildman–Crippen LogP) is 1.10. The second kappa shape index (κ2) is 5.69. The second-order valence-corrected chi connectivity index (χ2v) is 5.28. The van der Waals surface area contributed by atoms with Crippen molar-refractivity contribution < 1.29 is 10.2 Å². The Hall–Kier alpha value is -0.120. The molecule has 0 saturated heterocycles. The van der Waals surface area contributed by atoms with Crippen LogP contribution in [-0.2, 0) is 0 Å². The highest BCUT2D eigenvalue weighted by Crippen LogP contribution is 2.21. The molecule has 3 heteroatoms. The number of rotatable bonds is 5. The van der Waals surface area contributed by atoms with E-state index in [2.05, 4.69) is 0 Å². The first kappa shape index (κ1) is 13.9. The topological polar surface area (TPSA) is 43.7 Å². The minimum absolute atomic E-state index is 0.0499. The summed E-state index contributed by atoms with van der Waals surface area (Å²) in [6, 6.07) is 0. The zero-order valence-corrected chi connectivity index (χ0v) is 10.1. The molecule has 86 valence electrons. The van der Waals surface area contributed by atoms with E-state index in [0.717, 1.165) is 13.0 Å². The molecule has 0 aromatic carbocycles. The van der Waals surface area contributed by atoms with Gasteiger partial charge >= 0.3 is 0 Å². The molecule has 0 fully saturated rings. The maximum Gasteiger partial charge on any atom is 0.0638 e. The Morgan fingerprint density at radius 3 is 2.07 bits per heavy atom. The van der Waals surface area contributed by atoms with Gasteiger partial charge in [-0.2, -0.15) is 0 Å². The van der Waals surface area contributed by atoms with Crippen LogP contribution in [-0.4, -0.2) is 47.5 Å². The van der Waals surface area contributed by atoms with Crippen LogP contribution >= 0.6 is 0 Å². The molecule has 0 radical (unpaired) electrons. The van der Waals surface area contributed by atoms with E-state index in [0.29, 0.717) is 6.54 Å². The fraction of sp³-hybridized carbons (Fsp3) is 1.00. The molecule has 0 saturated carbocycles. The van der Waals surface area contributed by atoms with Crippen molar-refractivity contribution >= 4 is 0 Å². The molecule has 0 aromatic rings. The number of aliphatic hydroxyl groups excluding tert-OH is 2. The highest BCUT2D eigenvalue weighted by Gasteiger charge is 2.21. The lowest BCUT2D eigenvalue weighted by Crippen LogP contribution is -2.33. The van der Waals surface area contributed by atoms with Crippen LogP contribution in [0.1, 0.15) is 34.1 Å². The van der Waals surface area contributed by atoms with E-state index in [1.54, 1.807) is 6.92 Å². The van der Waals surface area contributed by atoms with Gasteiger partial charge in [0, 0.05) is 13.1 Å². The van der Waals surface area contributed by atoms with Gasteiger partial charge in [-0.15, -0.1) is 0 Å². The van der Waals surface area contributed by atoms with Gasteiger partial charge in [-0.1, -0.05) is 20.8 Å². The highest BCUT2D eigenvalue weighted by atomic mass is 16.3. The third-order valence-electron chi connectivity index (χ3n) is 2.36. The Labute approximate surface area is 87.7 Å². The van der Waals surface area contributed by atoms with Gasteiger partial charge in [-0.05, 0) is 25.8 Å². The summed E-state index contributed by atoms with van der Waals surface area (Å²) >= 11 is 0. The maximum absolute atomic E-state index is 9.78. The monoisotopic (exact) mass is 203 g/mol. The third-order valence-corrected chi connectivity index (χ3v) is 2.36. The molecule has 0 bridgehead atoms. The largest absolute Gasteiger partial charge is 0.393 e. The molecular weight excluding hydrogens is 178 g/mol. The van der Waals surface area contributed by atoms with Crippen molar-refractivity contribution in [3.05, 3.63) is 0 Å². The smallest absolute Gasteiger partial charge is 0.0638 e. The summed E-state index contributed by atoms with van der Waals surface area (Å²) < 4.78 is 0. The van der Waals surface area contributed by atoms with Gasteiger partial charge in [-0.25, -0.2) is 0 Å². The van der Waals surface area contributed by atoms with Crippen molar-refractivity contribution in [2.75, 3.05) is 20.1 Å². The average Bonchev–Trinajstić information content (AvgIpc) is 1.96. The Morgan fingerprint density at radius 1 is 1.21 bits per heavy atom. The number of likely N-dealkylation sites (N-methyl/N-ethyl adjacent to an activating group) is 1. The van der Waals surface area contributed by atoms with Gasteiger partial charge in [0.05, 0.1) is 12.2 Å². The molecule has 0 heterocycles. The highest BCUT2D eigenvalue weighted by molar-refractivity contribution is 4.73. The van der Waals surface area contributed by atoms with Gasteiger partial charge in [0.25, 0.3) is 0 Å². The standard InChI is InChI=1S/C11H25NO2/c1-9(13)8-12(5)7-6-10(14)11(2,3)4/h9-10,13-14H,6-8H2,1-5H3. The first-order valence-electron chi connectivity index (χ1n) is 5.28. The third kappa shape index (κ3) is 6.35. The van der Waals surface area contributed by atoms with Gasteiger partial charge in [0.1, 0.15) is 0 Å². The van der Waals surface area contributed by atoms with Crippen LogP contribution in [0.2, 0.25) is 0 Å². The van der Waals surface area contributed by atoms with Gasteiger partial charge in [0.2, 0.25) is 0 Å². The van der Waals surface area contributed by atoms with Crippen LogP contribution in [0.3, 0.4) is 0 Å². The molecule has 2 N–H and O–H groups in total. The van der Waals surface area contributed by atoms with Crippen LogP contribution < -0.4 is 0 Å². The summed E-state index contributed by atoms with van der Waals surface area (Å²) in [6.07, 6.45) is 0.179. The van der Waals surface area contributed by atoms with E-state index in [-0.39, 0.29) is 17.6 Å². The van der Waals surface area contributed by atoms with Crippen LogP contribution in [0.25, 0.3) is 0 Å². The minimum Gasteiger partial charge on any atom is -0.393 e. The Kier molecular flexibility index (Phi) is 5.64. The molecule has 14 heavy (non-hydrogen) atoms. The number of nitrogens with zero attached hydrogens (tertiary/aromatic N) is 1. The van der Waals surface area contributed by atoms with Crippen LogP contribution in [0.4, 0.5) is 0 Å². The van der Waals surface area contributed by atoms with Crippen molar-refractivity contribution in [3.63, 3.8) is 0 Å². The summed E-state index contributed by atoms with van der Waals surface area (Å²) in [5.41, 5.74) is -0.0499. The first-order valence-corrected chi connectivity index (χ1v) is 5.28. The lowest BCUT2D eigenvalue weighted by atomic mass is 9.87. The predicted molar refractivity (Wildman–Crippen MR) is 59.3 cm³/mol. The lowest BCUT2D eigenvalue weighted by Gasteiger charge is -2.28. The molecule has 0 aliphatic carbocycles. The van der Waals surface area contributed by atoms with Crippen molar-refractivity contribution in [1.82, 2.24) is 4.90 Å². The molecule has 0 amide bonds. The van der Waals surface area contributed by atoms with E-state index in [1.165, 1.54) is 0 Å². The molecule has 0 aliphatic rings. The van der Waals surface area contributed by atoms with Crippen molar-refractivity contribution in [1.29, 1.82) is 0 Å². The fourth-order valence-corrected chi connectivity index (χ4v) is 1.32. The second-order valence-electron chi connectivity index (χ2n) is 5.28. The zero-order chi connectivity index (χ0) is 11.4. The van der Waals surface area contributed by atoms with E-state index < -0.39 is 0 Å². The molecule has 0 aromatic heterocycles. The van der Waals surface area contributed by atoms with Crippen molar-refractivity contribution in [3.8, 4) is 0 Å². The molecule has 2 unspecified atom stereocenters. The number of hydrogen-bond donors (Lipinski definition) is 2. The van der Waals surface area contributed by atoms with E-state index >= 15 is 0 Å². The molecule has 3 nitrogen and oxygen atoms in total. The van der Waals surface area contributed by atoms with Crippen LogP contribution in [0.5, 0.6) is 0 Å². The number of aliphatic hydroxyl groups is 2. The molecule has 0 rings (SSSR count). The summed E-state index contributed by atoms with van der Waals surface area (Å²) in [5.74, 6) is 0. The first-order chi connectivity index (χ1) is 6.23. The Morgan fingerprint density at radius 2 is 1.71 bits per heavy atom. The SMILES string of the molecule is CC(O)CN(C)CCC(O)C(C)(C)C. The van der Waals surface area contributed by atoms with Crippen molar-refractivity contribution in [2.24, 2.45) is 5.41 Å². The molecule has 2 atom stereocenters. The van der Waals surface area contributed by atoms with E-state index in [4.69, 9.17) is 5.11 Å². The summed E-state index contributed by atoms with van der Waals surface area (Å²) in [6.45, 7) is 9.36. The van der Waals surface area contributed by atoms with Gasteiger partial charge in [0.15, 0.2) is 0 Å². The fourth-order valence-electron chi connectivity index (χ4n) is 1.32. The lowest BCUT2D eigenvalue weighted by molar-refractivity contribution is 0.0435. The van der Waals surface area contributed by atoms with Crippen LogP contribution in [0, 0.1) is 5.41 Å². The van der Waals surface area contributed by atoms with E-state index in [1.807, 2.05) is 32.7 Å². The van der Waals surface area contributed by atoms with E-state index in [9.17, 15) is 5.11 Å².